The highest BCUT2D eigenvalue weighted by Gasteiger charge is 2.30. The van der Waals surface area contributed by atoms with Gasteiger partial charge < -0.3 is 14.3 Å². The SMILES string of the molecule is C[C@@H](C(=O)O)N(OCC(=O)OCC1c2ccccc2-c2ccccc21)c1cc2ccccc2oc1=O. The normalized spacial score (nSPS) is 13.1. The van der Waals surface area contributed by atoms with Gasteiger partial charge in [-0.15, -0.1) is 0 Å². The maximum Gasteiger partial charge on any atom is 0.362 e. The van der Waals surface area contributed by atoms with Gasteiger partial charge in [0.2, 0.25) is 0 Å². The molecule has 0 fully saturated rings. The van der Waals surface area contributed by atoms with E-state index in [1.54, 1.807) is 24.3 Å². The first-order chi connectivity index (χ1) is 17.4. The first kappa shape index (κ1) is 23.3. The highest BCUT2D eigenvalue weighted by molar-refractivity contribution is 5.82. The van der Waals surface area contributed by atoms with Crippen molar-refractivity contribution < 1.29 is 28.7 Å². The number of hydrogen-bond donors (Lipinski definition) is 1. The molecule has 0 bridgehead atoms. The summed E-state index contributed by atoms with van der Waals surface area (Å²) in [6, 6.07) is 23.0. The molecule has 1 N–H and O–H groups in total. The number of para-hydroxylation sites is 1. The van der Waals surface area contributed by atoms with Crippen LogP contribution in [0.25, 0.3) is 22.1 Å². The summed E-state index contributed by atoms with van der Waals surface area (Å²) < 4.78 is 10.8. The molecule has 8 heteroatoms. The highest BCUT2D eigenvalue weighted by Crippen LogP contribution is 2.44. The number of carbonyl (C=O) groups is 2. The lowest BCUT2D eigenvalue weighted by Gasteiger charge is -2.26. The molecule has 1 aliphatic carbocycles. The second kappa shape index (κ2) is 9.67. The molecule has 1 aliphatic rings. The van der Waals surface area contributed by atoms with E-state index in [2.05, 4.69) is 0 Å². The van der Waals surface area contributed by atoms with Crippen molar-refractivity contribution in [2.75, 3.05) is 18.3 Å². The largest absolute Gasteiger partial charge is 0.480 e. The molecule has 0 radical (unpaired) electrons. The van der Waals surface area contributed by atoms with Gasteiger partial charge in [-0.3, -0.25) is 4.84 Å². The summed E-state index contributed by atoms with van der Waals surface area (Å²) >= 11 is 0. The van der Waals surface area contributed by atoms with Crippen molar-refractivity contribution in [3.63, 3.8) is 0 Å². The summed E-state index contributed by atoms with van der Waals surface area (Å²) in [6.07, 6.45) is 0. The molecule has 1 aromatic heterocycles. The molecule has 1 atom stereocenters. The van der Waals surface area contributed by atoms with E-state index in [9.17, 15) is 19.5 Å². The Morgan fingerprint density at radius 1 is 0.972 bits per heavy atom. The molecule has 0 saturated carbocycles. The van der Waals surface area contributed by atoms with Crippen molar-refractivity contribution in [2.45, 2.75) is 18.9 Å². The summed E-state index contributed by atoms with van der Waals surface area (Å²) in [6.45, 7) is 0.859. The van der Waals surface area contributed by atoms with Crippen molar-refractivity contribution in [3.8, 4) is 11.1 Å². The van der Waals surface area contributed by atoms with E-state index in [-0.39, 0.29) is 18.2 Å². The minimum Gasteiger partial charge on any atom is -0.480 e. The zero-order valence-corrected chi connectivity index (χ0v) is 19.4. The van der Waals surface area contributed by atoms with Crippen LogP contribution in [-0.2, 0) is 19.2 Å². The Kier molecular flexibility index (Phi) is 6.26. The first-order valence-electron chi connectivity index (χ1n) is 11.5. The van der Waals surface area contributed by atoms with Crippen LogP contribution in [0.4, 0.5) is 5.69 Å². The van der Waals surface area contributed by atoms with E-state index in [0.717, 1.165) is 27.3 Å². The molecule has 36 heavy (non-hydrogen) atoms. The van der Waals surface area contributed by atoms with Crippen LogP contribution in [0, 0.1) is 0 Å². The van der Waals surface area contributed by atoms with Gasteiger partial charge in [0, 0.05) is 11.3 Å². The monoisotopic (exact) mass is 485 g/mol. The van der Waals surface area contributed by atoms with E-state index < -0.39 is 30.2 Å². The zero-order chi connectivity index (χ0) is 25.2. The van der Waals surface area contributed by atoms with Crippen molar-refractivity contribution >= 4 is 28.6 Å². The smallest absolute Gasteiger partial charge is 0.362 e. The Morgan fingerprint density at radius 3 is 2.25 bits per heavy atom. The lowest BCUT2D eigenvalue weighted by molar-refractivity contribution is -0.152. The summed E-state index contributed by atoms with van der Waals surface area (Å²) in [5.41, 5.74) is 3.80. The van der Waals surface area contributed by atoms with Gasteiger partial charge in [0.05, 0.1) is 0 Å². The summed E-state index contributed by atoms with van der Waals surface area (Å²) in [7, 11) is 0. The van der Waals surface area contributed by atoms with E-state index in [0.29, 0.717) is 11.0 Å². The fraction of sp³-hybridized carbons (Fsp3) is 0.179. The molecule has 0 amide bonds. The predicted octanol–water partition coefficient (Wildman–Crippen LogP) is 4.36. The number of carboxylic acids is 1. The summed E-state index contributed by atoms with van der Waals surface area (Å²) in [5, 5.41) is 11.0. The van der Waals surface area contributed by atoms with E-state index >= 15 is 0 Å². The lowest BCUT2D eigenvalue weighted by atomic mass is 9.98. The highest BCUT2D eigenvalue weighted by atomic mass is 16.7. The average molecular weight is 485 g/mol. The van der Waals surface area contributed by atoms with Crippen LogP contribution in [0.15, 0.2) is 88.1 Å². The third kappa shape index (κ3) is 4.34. The predicted molar refractivity (Wildman–Crippen MR) is 133 cm³/mol. The van der Waals surface area contributed by atoms with E-state index in [1.807, 2.05) is 48.5 Å². The maximum absolute atomic E-state index is 12.6. The van der Waals surface area contributed by atoms with Gasteiger partial charge in [0.15, 0.2) is 18.3 Å². The number of hydroxylamine groups is 1. The number of nitrogens with zero attached hydrogens (tertiary/aromatic N) is 1. The standard InChI is InChI=1S/C28H23NO7/c1-17(27(31)32)29(24-14-18-8-2-7-13-25(18)36-28(24)33)35-16-26(30)34-15-23-21-11-5-3-9-19(21)20-10-4-6-12-22(20)23/h2-14,17,23H,15-16H2,1H3,(H,31,32)/t17-/m0/s1. The molecular weight excluding hydrogens is 462 g/mol. The van der Waals surface area contributed by atoms with Gasteiger partial charge >= 0.3 is 17.6 Å². The van der Waals surface area contributed by atoms with Gasteiger partial charge in [-0.2, -0.15) is 0 Å². The molecule has 0 saturated heterocycles. The van der Waals surface area contributed by atoms with Crippen LogP contribution < -0.4 is 10.7 Å². The van der Waals surface area contributed by atoms with Gasteiger partial charge in [0.1, 0.15) is 12.2 Å². The van der Waals surface area contributed by atoms with E-state index in [1.165, 1.54) is 13.0 Å². The fourth-order valence-corrected chi connectivity index (χ4v) is 4.47. The Hall–Kier alpha value is -4.43. The zero-order valence-electron chi connectivity index (χ0n) is 19.4. The lowest BCUT2D eigenvalue weighted by Crippen LogP contribution is -2.42. The second-order valence-electron chi connectivity index (χ2n) is 8.48. The van der Waals surface area contributed by atoms with Crippen molar-refractivity contribution in [3.05, 3.63) is 100 Å². The Balaban J connectivity index is 1.31. The van der Waals surface area contributed by atoms with Crippen LogP contribution in [0.1, 0.15) is 24.0 Å². The van der Waals surface area contributed by atoms with Crippen LogP contribution in [0.5, 0.6) is 0 Å². The quantitative estimate of drug-likeness (QED) is 0.223. The molecule has 3 aromatic carbocycles. The van der Waals surface area contributed by atoms with Gasteiger partial charge in [-0.1, -0.05) is 66.7 Å². The fourth-order valence-electron chi connectivity index (χ4n) is 4.47. The molecule has 0 aliphatic heterocycles. The Labute approximate surface area is 206 Å². The van der Waals surface area contributed by atoms with Crippen molar-refractivity contribution in [1.82, 2.24) is 0 Å². The number of aliphatic carboxylic acids is 1. The molecule has 4 aromatic rings. The number of carboxylic acid groups (broad SMARTS) is 1. The minimum absolute atomic E-state index is 0.100. The molecular formula is C28H23NO7. The number of benzene rings is 3. The summed E-state index contributed by atoms with van der Waals surface area (Å²) in [5.74, 6) is -2.05. The minimum atomic E-state index is -1.27. The molecule has 1 heterocycles. The number of ether oxygens (including phenoxy) is 1. The van der Waals surface area contributed by atoms with Crippen molar-refractivity contribution in [1.29, 1.82) is 0 Å². The molecule has 0 spiro atoms. The van der Waals surface area contributed by atoms with E-state index in [4.69, 9.17) is 14.0 Å². The van der Waals surface area contributed by atoms with Crippen LogP contribution in [-0.4, -0.2) is 36.3 Å². The number of esters is 1. The van der Waals surface area contributed by atoms with Gasteiger partial charge in [-0.05, 0) is 41.3 Å². The van der Waals surface area contributed by atoms with Gasteiger partial charge in [-0.25, -0.2) is 19.4 Å². The molecule has 5 rings (SSSR count). The number of anilines is 1. The molecule has 182 valence electrons. The summed E-state index contributed by atoms with van der Waals surface area (Å²) in [4.78, 5) is 42.4. The Morgan fingerprint density at radius 2 is 1.58 bits per heavy atom. The molecule has 8 nitrogen and oxygen atoms in total. The Bertz CT molecular complexity index is 1460. The van der Waals surface area contributed by atoms with Crippen LogP contribution >= 0.6 is 0 Å². The third-order valence-electron chi connectivity index (χ3n) is 6.26. The number of hydrogen-bond acceptors (Lipinski definition) is 7. The molecule has 0 unspecified atom stereocenters. The van der Waals surface area contributed by atoms with Gasteiger partial charge in [0.25, 0.3) is 0 Å². The van der Waals surface area contributed by atoms with Crippen LogP contribution in [0.2, 0.25) is 0 Å². The number of rotatable bonds is 8. The van der Waals surface area contributed by atoms with Crippen molar-refractivity contribution in [2.24, 2.45) is 0 Å². The first-order valence-corrected chi connectivity index (χ1v) is 11.5. The third-order valence-corrected chi connectivity index (χ3v) is 6.26. The maximum atomic E-state index is 12.6. The number of fused-ring (bicyclic) bond motifs is 4. The second-order valence-corrected chi connectivity index (χ2v) is 8.48. The number of carbonyl (C=O) groups excluding carboxylic acids is 1. The average Bonchev–Trinajstić information content (AvgIpc) is 3.21. The topological polar surface area (TPSA) is 106 Å². The van der Waals surface area contributed by atoms with Crippen LogP contribution in [0.3, 0.4) is 0 Å².